The summed E-state index contributed by atoms with van der Waals surface area (Å²) in [7, 11) is 0. The van der Waals surface area contributed by atoms with Crippen molar-refractivity contribution in [3.05, 3.63) is 33.9 Å². The Morgan fingerprint density at radius 3 is 2.75 bits per heavy atom. The molecule has 8 heteroatoms. The Labute approximate surface area is 113 Å². The number of nitrogens with one attached hydrogen (secondary N) is 1. The third-order valence-corrected chi connectivity index (χ3v) is 3.00. The predicted octanol–water partition coefficient (Wildman–Crippen LogP) is 1.27. The van der Waals surface area contributed by atoms with Crippen LogP contribution in [0.25, 0.3) is 0 Å². The fourth-order valence-electron chi connectivity index (χ4n) is 1.90. The van der Waals surface area contributed by atoms with Crippen LogP contribution in [0.3, 0.4) is 0 Å². The zero-order valence-corrected chi connectivity index (χ0v) is 10.4. The Bertz CT molecular complexity index is 565. The number of benzene rings is 1. The minimum atomic E-state index is -1.27. The van der Waals surface area contributed by atoms with Gasteiger partial charge in [0, 0.05) is 12.7 Å². The summed E-state index contributed by atoms with van der Waals surface area (Å²) >= 11 is 0. The molecule has 0 bridgehead atoms. The topological polar surface area (TPSA) is 119 Å². The fraction of sp³-hybridized carbons (Fsp3) is 0.333. The summed E-state index contributed by atoms with van der Waals surface area (Å²) in [6.45, 7) is 0.769. The molecule has 0 aromatic heterocycles. The van der Waals surface area contributed by atoms with Gasteiger partial charge in [0.2, 0.25) is 5.91 Å². The Morgan fingerprint density at radius 1 is 1.45 bits per heavy atom. The van der Waals surface area contributed by atoms with Crippen LogP contribution in [0.15, 0.2) is 18.2 Å². The Kier molecular flexibility index (Phi) is 3.94. The highest BCUT2D eigenvalue weighted by Gasteiger charge is 2.26. The molecule has 20 heavy (non-hydrogen) atoms. The van der Waals surface area contributed by atoms with E-state index in [1.807, 2.05) is 0 Å². The number of hydrogen-bond acceptors (Lipinski definition) is 5. The molecular weight excluding hydrogens is 268 g/mol. The smallest absolute Gasteiger partial charge is 0.335 e. The van der Waals surface area contributed by atoms with Crippen LogP contribution in [0, 0.1) is 16.0 Å². The summed E-state index contributed by atoms with van der Waals surface area (Å²) < 4.78 is 5.07. The van der Waals surface area contributed by atoms with Gasteiger partial charge in [0.25, 0.3) is 5.69 Å². The molecule has 0 saturated carbocycles. The molecule has 1 amide bonds. The summed E-state index contributed by atoms with van der Waals surface area (Å²) in [4.78, 5) is 32.9. The van der Waals surface area contributed by atoms with E-state index in [0.29, 0.717) is 13.0 Å². The summed E-state index contributed by atoms with van der Waals surface area (Å²) in [6, 6.07) is 3.34. The molecule has 0 aliphatic carbocycles. The minimum absolute atomic E-state index is 0.0168. The third kappa shape index (κ3) is 2.91. The number of carboxylic acid groups (broad SMARTS) is 1. The van der Waals surface area contributed by atoms with Gasteiger partial charge in [-0.1, -0.05) is 0 Å². The molecule has 1 atom stereocenters. The second-order valence-electron chi connectivity index (χ2n) is 4.34. The molecule has 1 saturated heterocycles. The van der Waals surface area contributed by atoms with Gasteiger partial charge in [-0.05, 0) is 18.6 Å². The zero-order chi connectivity index (χ0) is 14.7. The van der Waals surface area contributed by atoms with E-state index in [1.54, 1.807) is 0 Å². The van der Waals surface area contributed by atoms with Gasteiger partial charge in [0.15, 0.2) is 0 Å². The molecule has 1 unspecified atom stereocenters. The number of nitro groups is 1. The molecule has 2 N–H and O–H groups in total. The van der Waals surface area contributed by atoms with Crippen LogP contribution in [0.1, 0.15) is 16.8 Å². The minimum Gasteiger partial charge on any atom is -0.478 e. The number of hydrogen-bond donors (Lipinski definition) is 2. The maximum absolute atomic E-state index is 11.9. The standard InChI is InChI=1S/C12H12N2O6/c15-11(8-3-4-20-6-8)13-9-2-1-7(12(16)17)5-10(9)14(18)19/h1-2,5,8H,3-4,6H2,(H,13,15)(H,16,17). The predicted molar refractivity (Wildman–Crippen MR) is 67.6 cm³/mol. The summed E-state index contributed by atoms with van der Waals surface area (Å²) in [5.74, 6) is -1.97. The molecule has 0 radical (unpaired) electrons. The Morgan fingerprint density at radius 2 is 2.20 bits per heavy atom. The van der Waals surface area contributed by atoms with E-state index in [9.17, 15) is 19.7 Å². The van der Waals surface area contributed by atoms with Crippen LogP contribution >= 0.6 is 0 Å². The molecular formula is C12H12N2O6. The van der Waals surface area contributed by atoms with Crippen molar-refractivity contribution in [3.8, 4) is 0 Å². The molecule has 1 aromatic carbocycles. The van der Waals surface area contributed by atoms with Crippen molar-refractivity contribution in [2.24, 2.45) is 5.92 Å². The largest absolute Gasteiger partial charge is 0.478 e. The van der Waals surface area contributed by atoms with E-state index in [-0.39, 0.29) is 29.7 Å². The van der Waals surface area contributed by atoms with Gasteiger partial charge in [-0.3, -0.25) is 14.9 Å². The molecule has 2 rings (SSSR count). The zero-order valence-electron chi connectivity index (χ0n) is 10.4. The number of amides is 1. The molecule has 106 valence electrons. The van der Waals surface area contributed by atoms with E-state index in [4.69, 9.17) is 9.84 Å². The number of nitrogens with zero attached hydrogens (tertiary/aromatic N) is 1. The van der Waals surface area contributed by atoms with Crippen LogP contribution in [-0.4, -0.2) is 35.1 Å². The van der Waals surface area contributed by atoms with Crippen LogP contribution in [-0.2, 0) is 9.53 Å². The molecule has 8 nitrogen and oxygen atoms in total. The van der Waals surface area contributed by atoms with Gasteiger partial charge >= 0.3 is 5.97 Å². The lowest BCUT2D eigenvalue weighted by Crippen LogP contribution is -2.23. The number of anilines is 1. The monoisotopic (exact) mass is 280 g/mol. The first-order valence-corrected chi connectivity index (χ1v) is 5.89. The highest BCUT2D eigenvalue weighted by Crippen LogP contribution is 2.27. The van der Waals surface area contributed by atoms with Gasteiger partial charge in [-0.25, -0.2) is 4.79 Å². The Balaban J connectivity index is 2.24. The van der Waals surface area contributed by atoms with Gasteiger partial charge < -0.3 is 15.2 Å². The molecule has 1 fully saturated rings. The van der Waals surface area contributed by atoms with Crippen LogP contribution in [0.5, 0.6) is 0 Å². The van der Waals surface area contributed by atoms with E-state index < -0.39 is 16.6 Å². The van der Waals surface area contributed by atoms with Crippen LogP contribution in [0.4, 0.5) is 11.4 Å². The van der Waals surface area contributed by atoms with Gasteiger partial charge in [0.05, 0.1) is 23.0 Å². The van der Waals surface area contributed by atoms with Gasteiger partial charge in [-0.15, -0.1) is 0 Å². The SMILES string of the molecule is O=C(O)c1ccc(NC(=O)C2CCOC2)c([N+](=O)[O-])c1. The summed E-state index contributed by atoms with van der Waals surface area (Å²) in [5, 5.41) is 22.2. The van der Waals surface area contributed by atoms with Crippen LogP contribution < -0.4 is 5.32 Å². The average Bonchev–Trinajstić information content (AvgIpc) is 2.92. The van der Waals surface area contributed by atoms with E-state index in [0.717, 1.165) is 6.07 Å². The van der Waals surface area contributed by atoms with Crippen molar-refractivity contribution < 1.29 is 24.4 Å². The first-order chi connectivity index (χ1) is 9.49. The molecule has 0 spiro atoms. The van der Waals surface area contributed by atoms with Crippen molar-refractivity contribution in [3.63, 3.8) is 0 Å². The van der Waals surface area contributed by atoms with E-state index >= 15 is 0 Å². The second-order valence-corrected chi connectivity index (χ2v) is 4.34. The van der Waals surface area contributed by atoms with Crippen molar-refractivity contribution in [2.45, 2.75) is 6.42 Å². The molecule has 1 aliphatic rings. The number of aromatic carboxylic acids is 1. The number of nitro benzene ring substituents is 1. The average molecular weight is 280 g/mol. The van der Waals surface area contributed by atoms with Crippen molar-refractivity contribution in [2.75, 3.05) is 18.5 Å². The summed E-state index contributed by atoms with van der Waals surface area (Å²) in [6.07, 6.45) is 0.562. The highest BCUT2D eigenvalue weighted by molar-refractivity contribution is 5.96. The van der Waals surface area contributed by atoms with Crippen molar-refractivity contribution >= 4 is 23.3 Å². The summed E-state index contributed by atoms with van der Waals surface area (Å²) in [5.41, 5.74) is -0.673. The van der Waals surface area contributed by atoms with Crippen molar-refractivity contribution in [1.82, 2.24) is 0 Å². The first kappa shape index (κ1) is 13.9. The van der Waals surface area contributed by atoms with E-state index in [1.165, 1.54) is 12.1 Å². The number of rotatable bonds is 4. The molecule has 1 aromatic rings. The number of carbonyl (C=O) groups excluding carboxylic acids is 1. The van der Waals surface area contributed by atoms with E-state index in [2.05, 4.69) is 5.32 Å². The van der Waals surface area contributed by atoms with Crippen molar-refractivity contribution in [1.29, 1.82) is 0 Å². The number of carbonyl (C=O) groups is 2. The normalized spacial score (nSPS) is 17.7. The quantitative estimate of drug-likeness (QED) is 0.633. The lowest BCUT2D eigenvalue weighted by atomic mass is 10.1. The highest BCUT2D eigenvalue weighted by atomic mass is 16.6. The lowest BCUT2D eigenvalue weighted by molar-refractivity contribution is -0.384. The first-order valence-electron chi connectivity index (χ1n) is 5.89. The molecule has 1 aliphatic heterocycles. The maximum atomic E-state index is 11.9. The lowest BCUT2D eigenvalue weighted by Gasteiger charge is -2.10. The van der Waals surface area contributed by atoms with Gasteiger partial charge in [-0.2, -0.15) is 0 Å². The number of ether oxygens (including phenoxy) is 1. The fourth-order valence-corrected chi connectivity index (χ4v) is 1.90. The third-order valence-electron chi connectivity index (χ3n) is 3.00. The second kappa shape index (κ2) is 5.66. The molecule has 1 heterocycles. The van der Waals surface area contributed by atoms with Crippen LogP contribution in [0.2, 0.25) is 0 Å². The number of carboxylic acids is 1. The van der Waals surface area contributed by atoms with Gasteiger partial charge in [0.1, 0.15) is 5.69 Å². The Hall–Kier alpha value is -2.48. The maximum Gasteiger partial charge on any atom is 0.335 e.